The number of nitrogens with zero attached hydrogens (tertiary/aromatic N) is 2. The van der Waals surface area contributed by atoms with Gasteiger partial charge in [-0.2, -0.15) is 0 Å². The highest BCUT2D eigenvalue weighted by Gasteiger charge is 2.39. The molecule has 0 radical (unpaired) electrons. The molecule has 0 bridgehead atoms. The first-order valence-corrected chi connectivity index (χ1v) is 12.7. The average Bonchev–Trinajstić information content (AvgIpc) is 2.79. The Labute approximate surface area is 215 Å². The molecule has 0 spiro atoms. The average molecular weight is 528 g/mol. The molecule has 4 rings (SSSR count). The van der Waals surface area contributed by atoms with E-state index in [4.69, 9.17) is 17.3 Å². The minimum absolute atomic E-state index is 0.0233. The van der Waals surface area contributed by atoms with Crippen LogP contribution < -0.4 is 5.73 Å². The summed E-state index contributed by atoms with van der Waals surface area (Å²) in [5, 5.41) is 0.270. The third-order valence-electron chi connectivity index (χ3n) is 6.83. The summed E-state index contributed by atoms with van der Waals surface area (Å²) in [5.74, 6) is -4.32. The van der Waals surface area contributed by atoms with Gasteiger partial charge in [0.2, 0.25) is 11.8 Å². The number of carbonyl (C=O) groups is 1. The van der Waals surface area contributed by atoms with Gasteiger partial charge in [0.05, 0.1) is 11.4 Å². The van der Waals surface area contributed by atoms with E-state index in [1.165, 1.54) is 12.1 Å². The maximum atomic E-state index is 13.4. The van der Waals surface area contributed by atoms with Crippen molar-refractivity contribution in [3.63, 3.8) is 0 Å². The third kappa shape index (κ3) is 7.92. The molecule has 1 unspecified atom stereocenters. The summed E-state index contributed by atoms with van der Waals surface area (Å²) < 4.78 is 53.2. The molecule has 9 heteroatoms. The van der Waals surface area contributed by atoms with Gasteiger partial charge in [-0.05, 0) is 49.9 Å². The van der Waals surface area contributed by atoms with Gasteiger partial charge in [0, 0.05) is 62.7 Å². The second kappa shape index (κ2) is 12.4. The molecule has 2 aromatic carbocycles. The monoisotopic (exact) mass is 527 g/mol. The van der Waals surface area contributed by atoms with Crippen LogP contribution >= 0.6 is 11.6 Å². The van der Waals surface area contributed by atoms with E-state index in [0.717, 1.165) is 38.7 Å². The lowest BCUT2D eigenvalue weighted by Crippen LogP contribution is -2.53. The zero-order valence-electron chi connectivity index (χ0n) is 20.8. The van der Waals surface area contributed by atoms with E-state index in [0.29, 0.717) is 29.2 Å². The van der Waals surface area contributed by atoms with Gasteiger partial charge in [-0.3, -0.25) is 14.6 Å². The molecule has 36 heavy (non-hydrogen) atoms. The van der Waals surface area contributed by atoms with Crippen LogP contribution in [-0.4, -0.2) is 59.9 Å². The number of carbonyl (C=O) groups excluding carboxylic acids is 1. The number of hydrogen-bond donors (Lipinski definition) is 1. The number of benzene rings is 2. The first kappa shape index (κ1) is 28.4. The van der Waals surface area contributed by atoms with E-state index >= 15 is 0 Å². The molecule has 2 N–H and O–H groups in total. The summed E-state index contributed by atoms with van der Waals surface area (Å²) in [6.45, 7) is 8.37. The van der Waals surface area contributed by atoms with Crippen molar-refractivity contribution in [3.05, 3.63) is 58.6 Å². The van der Waals surface area contributed by atoms with Gasteiger partial charge in [0.1, 0.15) is 11.6 Å². The molecule has 0 aromatic heterocycles. The zero-order valence-corrected chi connectivity index (χ0v) is 21.5. The maximum Gasteiger partial charge on any atom is 0.249 e. The van der Waals surface area contributed by atoms with Crippen LogP contribution in [0.5, 0.6) is 0 Å². The summed E-state index contributed by atoms with van der Waals surface area (Å²) in [5.41, 5.74) is 6.41. The summed E-state index contributed by atoms with van der Waals surface area (Å²) >= 11 is 6.14. The summed E-state index contributed by atoms with van der Waals surface area (Å²) in [4.78, 5) is 15.6. The molecular formula is C27H34ClF4N3O. The number of primary amides is 1. The number of alkyl halides is 2. The van der Waals surface area contributed by atoms with Crippen LogP contribution in [0.4, 0.5) is 17.6 Å². The summed E-state index contributed by atoms with van der Waals surface area (Å²) in [6, 6.07) is 8.76. The predicted octanol–water partition coefficient (Wildman–Crippen LogP) is 5.90. The Kier molecular flexibility index (Phi) is 9.78. The van der Waals surface area contributed by atoms with Crippen LogP contribution in [0.15, 0.2) is 36.4 Å². The van der Waals surface area contributed by atoms with Crippen LogP contribution in [-0.2, 0) is 11.2 Å². The number of nitrogens with two attached hydrogens (primary N) is 1. The second-order valence-electron chi connectivity index (χ2n) is 9.85. The first-order chi connectivity index (χ1) is 16.9. The lowest BCUT2D eigenvalue weighted by Gasteiger charge is -2.43. The standard InChI is InChI=1S/C14H10ClF2NO.C13H24F2N2/c15-14-8(6-13(18)19)2-1-3-12(14)9-4-10(16)7-11(17)5-9;1-11(2)16-6-8-17(9-7-16)12-4-3-5-13(14,15)10-12/h1-5,7H,6H2,(H2,18,19);11-12H,3-10H2,1-2H3. The molecule has 2 aromatic rings. The van der Waals surface area contributed by atoms with Crippen LogP contribution in [0.3, 0.4) is 0 Å². The van der Waals surface area contributed by atoms with Crippen molar-refractivity contribution in [3.8, 4) is 11.1 Å². The Morgan fingerprint density at radius 1 is 1.11 bits per heavy atom. The molecule has 1 aliphatic carbocycles. The quantitative estimate of drug-likeness (QED) is 0.492. The van der Waals surface area contributed by atoms with Crippen molar-refractivity contribution < 1.29 is 22.4 Å². The minimum Gasteiger partial charge on any atom is -0.369 e. The molecule has 1 saturated heterocycles. The normalized spacial score (nSPS) is 20.6. The first-order valence-electron chi connectivity index (χ1n) is 12.3. The fourth-order valence-electron chi connectivity index (χ4n) is 4.91. The van der Waals surface area contributed by atoms with E-state index in [2.05, 4.69) is 23.6 Å². The molecular weight excluding hydrogens is 494 g/mol. The fourth-order valence-corrected chi connectivity index (χ4v) is 5.21. The lowest BCUT2D eigenvalue weighted by atomic mass is 9.90. The Morgan fingerprint density at radius 3 is 2.31 bits per heavy atom. The molecule has 2 aliphatic rings. The highest BCUT2D eigenvalue weighted by atomic mass is 35.5. The lowest BCUT2D eigenvalue weighted by molar-refractivity contribution is -0.117. The smallest absolute Gasteiger partial charge is 0.249 e. The summed E-state index contributed by atoms with van der Waals surface area (Å²) in [6.07, 6.45) is 1.79. The third-order valence-corrected chi connectivity index (χ3v) is 7.27. The van der Waals surface area contributed by atoms with Crippen molar-refractivity contribution in [1.82, 2.24) is 9.80 Å². The van der Waals surface area contributed by atoms with Crippen molar-refractivity contribution in [1.29, 1.82) is 0 Å². The Morgan fingerprint density at radius 2 is 1.75 bits per heavy atom. The van der Waals surface area contributed by atoms with Crippen LogP contribution in [0.25, 0.3) is 11.1 Å². The number of hydrogen-bond acceptors (Lipinski definition) is 3. The van der Waals surface area contributed by atoms with Crippen LogP contribution in [0.2, 0.25) is 5.02 Å². The molecule has 198 valence electrons. The zero-order chi connectivity index (χ0) is 26.5. The fraction of sp³-hybridized carbons (Fsp3) is 0.519. The molecule has 2 fully saturated rings. The van der Waals surface area contributed by atoms with E-state index in [-0.39, 0.29) is 30.3 Å². The minimum atomic E-state index is -2.42. The molecule has 1 amide bonds. The van der Waals surface area contributed by atoms with Gasteiger partial charge in [-0.25, -0.2) is 17.6 Å². The Bertz CT molecular complexity index is 1020. The van der Waals surface area contributed by atoms with Crippen LogP contribution in [0, 0.1) is 11.6 Å². The van der Waals surface area contributed by atoms with Crippen LogP contribution in [0.1, 0.15) is 45.1 Å². The number of amides is 1. The van der Waals surface area contributed by atoms with Crippen molar-refractivity contribution in [2.24, 2.45) is 5.73 Å². The van der Waals surface area contributed by atoms with Gasteiger partial charge >= 0.3 is 0 Å². The Balaban J connectivity index is 0.000000202. The van der Waals surface area contributed by atoms with E-state index < -0.39 is 23.5 Å². The SMILES string of the molecule is CC(C)N1CCN(C2CCCC(F)(F)C2)CC1.NC(=O)Cc1cccc(-c2cc(F)cc(F)c2)c1Cl. The maximum absolute atomic E-state index is 13.4. The van der Waals surface area contributed by atoms with E-state index in [1.807, 2.05) is 0 Å². The number of halogens is 5. The number of piperazine rings is 1. The molecule has 1 aliphatic heterocycles. The van der Waals surface area contributed by atoms with Gasteiger partial charge in [-0.1, -0.05) is 29.8 Å². The van der Waals surface area contributed by atoms with Crippen molar-refractivity contribution in [2.45, 2.75) is 64.0 Å². The highest BCUT2D eigenvalue weighted by Crippen LogP contribution is 2.36. The molecule has 1 heterocycles. The molecule has 1 saturated carbocycles. The van der Waals surface area contributed by atoms with E-state index in [9.17, 15) is 22.4 Å². The van der Waals surface area contributed by atoms with Crippen molar-refractivity contribution in [2.75, 3.05) is 26.2 Å². The second-order valence-corrected chi connectivity index (χ2v) is 10.2. The van der Waals surface area contributed by atoms with Crippen molar-refractivity contribution >= 4 is 17.5 Å². The largest absolute Gasteiger partial charge is 0.369 e. The Hall–Kier alpha value is -2.16. The van der Waals surface area contributed by atoms with Gasteiger partial charge in [0.25, 0.3) is 0 Å². The number of rotatable bonds is 5. The van der Waals surface area contributed by atoms with Gasteiger partial charge in [-0.15, -0.1) is 0 Å². The highest BCUT2D eigenvalue weighted by molar-refractivity contribution is 6.34. The molecule has 1 atom stereocenters. The topological polar surface area (TPSA) is 49.6 Å². The van der Waals surface area contributed by atoms with Gasteiger partial charge in [0.15, 0.2) is 0 Å². The predicted molar refractivity (Wildman–Crippen MR) is 135 cm³/mol. The van der Waals surface area contributed by atoms with Gasteiger partial charge < -0.3 is 5.73 Å². The van der Waals surface area contributed by atoms with E-state index in [1.54, 1.807) is 18.2 Å². The summed E-state index contributed by atoms with van der Waals surface area (Å²) in [7, 11) is 0. The molecule has 4 nitrogen and oxygen atoms in total.